The van der Waals surface area contributed by atoms with Crippen LogP contribution < -0.4 is 5.34 Å². The first kappa shape index (κ1) is 6.00. The number of aromatic nitrogens is 1. The molecule has 0 fully saturated rings. The minimum atomic E-state index is -1.08. The Bertz CT molecular complexity index is 198. The van der Waals surface area contributed by atoms with Crippen LogP contribution in [0.2, 0.25) is 0 Å². The molecule has 0 aliphatic carbocycles. The summed E-state index contributed by atoms with van der Waals surface area (Å²) < 4.78 is 27.4. The molecule has 0 bridgehead atoms. The molecule has 0 unspecified atom stereocenters. The van der Waals surface area contributed by atoms with E-state index in [-0.39, 0.29) is 0 Å². The van der Waals surface area contributed by atoms with Gasteiger partial charge < -0.3 is 4.52 Å². The van der Waals surface area contributed by atoms with Crippen molar-refractivity contribution in [1.29, 1.82) is 0 Å². The zero-order chi connectivity index (χ0) is 6.85. The maximum atomic E-state index is 11.6. The Morgan fingerprint density at radius 1 is 1.67 bits per heavy atom. The van der Waals surface area contributed by atoms with E-state index in [0.29, 0.717) is 5.56 Å². The summed E-state index contributed by atoms with van der Waals surface area (Å²) in [5, 5.41) is 1.93. The van der Waals surface area contributed by atoms with E-state index in [0.717, 1.165) is 6.26 Å². The van der Waals surface area contributed by atoms with Gasteiger partial charge in [-0.15, -0.1) is 0 Å². The normalized spacial score (nSPS) is 9.67. The minimum absolute atomic E-state index is 0.319. The van der Waals surface area contributed by atoms with Crippen molar-refractivity contribution in [2.75, 3.05) is 5.34 Å². The Balaban J connectivity index is 2.94. The topological polar surface area (TPSA) is 29.3 Å². The summed E-state index contributed by atoms with van der Waals surface area (Å²) in [5.41, 5.74) is 0.319. The zero-order valence-electron chi connectivity index (χ0n) is 4.64. The largest absolute Gasteiger partial charge is 0.362 e. The third kappa shape index (κ3) is 0.984. The van der Waals surface area contributed by atoms with Gasteiger partial charge in [-0.2, -0.15) is 0 Å². The van der Waals surface area contributed by atoms with E-state index < -0.39 is 11.2 Å². The summed E-state index contributed by atoms with van der Waals surface area (Å²) >= 11 is 0. The van der Waals surface area contributed by atoms with Crippen molar-refractivity contribution in [2.45, 2.75) is 6.92 Å². The lowest BCUT2D eigenvalue weighted by Crippen LogP contribution is -1.96. The highest BCUT2D eigenvalue weighted by Gasteiger charge is 2.10. The molecule has 50 valence electrons. The second-order valence-corrected chi connectivity index (χ2v) is 1.55. The molecule has 0 saturated heterocycles. The SMILES string of the molecule is Cc1conc1N(F)F. The van der Waals surface area contributed by atoms with Crippen LogP contribution in [0.1, 0.15) is 5.56 Å². The number of hydrogen-bond donors (Lipinski definition) is 0. The van der Waals surface area contributed by atoms with Crippen molar-refractivity contribution in [1.82, 2.24) is 5.16 Å². The molecule has 0 radical (unpaired) electrons. The molecule has 9 heavy (non-hydrogen) atoms. The smallest absolute Gasteiger partial charge is 0.238 e. The average Bonchev–Trinajstić information content (AvgIpc) is 2.13. The van der Waals surface area contributed by atoms with Crippen molar-refractivity contribution in [3.05, 3.63) is 11.8 Å². The van der Waals surface area contributed by atoms with Gasteiger partial charge in [-0.05, 0) is 12.3 Å². The fourth-order valence-electron chi connectivity index (χ4n) is 0.444. The van der Waals surface area contributed by atoms with Crippen LogP contribution in [0.5, 0.6) is 0 Å². The number of nitrogens with zero attached hydrogens (tertiary/aromatic N) is 2. The molecule has 0 aliphatic rings. The Labute approximate surface area is 49.7 Å². The summed E-state index contributed by atoms with van der Waals surface area (Å²) in [6, 6.07) is 0. The fourth-order valence-corrected chi connectivity index (χ4v) is 0.444. The number of aryl methyl sites for hydroxylation is 1. The van der Waals surface area contributed by atoms with Crippen LogP contribution >= 0.6 is 0 Å². The molecular weight excluding hydrogens is 130 g/mol. The van der Waals surface area contributed by atoms with Crippen LogP contribution in [-0.2, 0) is 0 Å². The molecule has 1 aromatic rings. The number of anilines is 1. The quantitative estimate of drug-likeness (QED) is 0.546. The van der Waals surface area contributed by atoms with Crippen LogP contribution in [0, 0.1) is 6.92 Å². The van der Waals surface area contributed by atoms with Crippen molar-refractivity contribution in [3.63, 3.8) is 0 Å². The Kier molecular flexibility index (Phi) is 1.33. The van der Waals surface area contributed by atoms with Crippen molar-refractivity contribution in [2.24, 2.45) is 0 Å². The van der Waals surface area contributed by atoms with Crippen LogP contribution in [0.25, 0.3) is 0 Å². The molecule has 3 nitrogen and oxygen atoms in total. The van der Waals surface area contributed by atoms with Gasteiger partial charge in [0, 0.05) is 5.56 Å². The highest BCUT2D eigenvalue weighted by Crippen LogP contribution is 2.16. The van der Waals surface area contributed by atoms with E-state index in [9.17, 15) is 8.96 Å². The Hall–Kier alpha value is -1.13. The predicted octanol–water partition coefficient (Wildman–Crippen LogP) is 1.56. The summed E-state index contributed by atoms with van der Waals surface area (Å²) in [6.07, 6.45) is 1.15. The predicted molar refractivity (Wildman–Crippen MR) is 25.9 cm³/mol. The highest BCUT2D eigenvalue weighted by molar-refractivity contribution is 5.37. The Morgan fingerprint density at radius 2 is 2.33 bits per heavy atom. The van der Waals surface area contributed by atoms with Gasteiger partial charge in [-0.25, -0.2) is 0 Å². The van der Waals surface area contributed by atoms with Gasteiger partial charge >= 0.3 is 0 Å². The van der Waals surface area contributed by atoms with Crippen LogP contribution in [0.4, 0.5) is 14.8 Å². The Morgan fingerprint density at radius 3 is 2.56 bits per heavy atom. The lowest BCUT2D eigenvalue weighted by molar-refractivity contribution is 0.225. The molecule has 0 saturated carbocycles. The van der Waals surface area contributed by atoms with Gasteiger partial charge in [0.05, 0.1) is 0 Å². The first-order valence-electron chi connectivity index (χ1n) is 2.24. The third-order valence-electron chi connectivity index (χ3n) is 0.881. The van der Waals surface area contributed by atoms with E-state index >= 15 is 0 Å². The fraction of sp³-hybridized carbons (Fsp3) is 0.250. The van der Waals surface area contributed by atoms with Gasteiger partial charge in [-0.3, -0.25) is 0 Å². The molecule has 1 rings (SSSR count). The molecule has 0 amide bonds. The van der Waals surface area contributed by atoms with Gasteiger partial charge in [0.15, 0.2) is 0 Å². The lowest BCUT2D eigenvalue weighted by Gasteiger charge is -1.93. The van der Waals surface area contributed by atoms with Gasteiger partial charge in [0.2, 0.25) is 5.82 Å². The monoisotopic (exact) mass is 134 g/mol. The van der Waals surface area contributed by atoms with Crippen molar-refractivity contribution >= 4 is 5.82 Å². The van der Waals surface area contributed by atoms with Crippen molar-refractivity contribution < 1.29 is 13.5 Å². The van der Waals surface area contributed by atoms with Gasteiger partial charge in [0.25, 0.3) is 0 Å². The second kappa shape index (κ2) is 2.00. The van der Waals surface area contributed by atoms with Gasteiger partial charge in [0.1, 0.15) is 6.26 Å². The zero-order valence-corrected chi connectivity index (χ0v) is 4.64. The number of rotatable bonds is 1. The second-order valence-electron chi connectivity index (χ2n) is 1.55. The third-order valence-corrected chi connectivity index (χ3v) is 0.881. The van der Waals surface area contributed by atoms with E-state index in [4.69, 9.17) is 0 Å². The highest BCUT2D eigenvalue weighted by atomic mass is 19.4. The summed E-state index contributed by atoms with van der Waals surface area (Å²) in [7, 11) is 0. The van der Waals surface area contributed by atoms with Crippen molar-refractivity contribution in [3.8, 4) is 0 Å². The minimum Gasteiger partial charge on any atom is -0.362 e. The van der Waals surface area contributed by atoms with Crippen LogP contribution in [0.15, 0.2) is 10.8 Å². The first-order valence-corrected chi connectivity index (χ1v) is 2.24. The molecular formula is C4H4F2N2O. The standard InChI is InChI=1S/C4H4F2N2O/c1-3-2-9-7-4(3)8(5)6/h2H,1H3. The van der Waals surface area contributed by atoms with E-state index in [2.05, 4.69) is 9.68 Å². The summed E-state index contributed by atoms with van der Waals surface area (Å²) in [6.45, 7) is 1.48. The number of halogens is 2. The van der Waals surface area contributed by atoms with Gasteiger partial charge in [-0.1, -0.05) is 14.1 Å². The maximum Gasteiger partial charge on any atom is 0.238 e. The summed E-state index contributed by atoms with van der Waals surface area (Å²) in [5.74, 6) is -0.435. The average molecular weight is 134 g/mol. The molecule has 0 spiro atoms. The molecule has 0 aliphatic heterocycles. The van der Waals surface area contributed by atoms with E-state index in [1.165, 1.54) is 6.92 Å². The van der Waals surface area contributed by atoms with Crippen LogP contribution in [-0.4, -0.2) is 5.16 Å². The molecule has 1 heterocycles. The molecule has 0 N–H and O–H groups in total. The molecule has 0 aromatic carbocycles. The molecule has 5 heteroatoms. The number of hydrogen-bond acceptors (Lipinski definition) is 3. The van der Waals surface area contributed by atoms with E-state index in [1.54, 1.807) is 0 Å². The van der Waals surface area contributed by atoms with Crippen LogP contribution in [0.3, 0.4) is 0 Å². The molecule has 1 aromatic heterocycles. The van der Waals surface area contributed by atoms with E-state index in [1.807, 2.05) is 0 Å². The maximum absolute atomic E-state index is 11.6. The molecule has 0 atom stereocenters. The first-order chi connectivity index (χ1) is 4.22. The summed E-state index contributed by atoms with van der Waals surface area (Å²) in [4.78, 5) is 0. The lowest BCUT2D eigenvalue weighted by atomic mass is 10.4.